The third kappa shape index (κ3) is 2.86. The van der Waals surface area contributed by atoms with Crippen molar-refractivity contribution in [1.82, 2.24) is 19.9 Å². The van der Waals surface area contributed by atoms with E-state index in [0.29, 0.717) is 17.8 Å². The molecule has 110 valence electrons. The molecule has 0 aromatic carbocycles. The number of aliphatic hydroxyl groups is 1. The first kappa shape index (κ1) is 13.6. The Kier molecular flexibility index (Phi) is 3.52. The summed E-state index contributed by atoms with van der Waals surface area (Å²) in [6.45, 7) is 6.37. The number of hydrogen-bond donors (Lipinski definition) is 1. The van der Waals surface area contributed by atoms with Crippen LogP contribution in [0.15, 0.2) is 18.5 Å². The fraction of sp³-hybridized carbons (Fsp3) is 0.714. The van der Waals surface area contributed by atoms with E-state index >= 15 is 0 Å². The fourth-order valence-corrected chi connectivity index (χ4v) is 2.60. The van der Waals surface area contributed by atoms with E-state index < -0.39 is 5.60 Å². The van der Waals surface area contributed by atoms with Gasteiger partial charge in [0.05, 0.1) is 18.5 Å². The number of hydrogen-bond acceptors (Lipinski definition) is 5. The van der Waals surface area contributed by atoms with Crippen LogP contribution in [0.3, 0.4) is 0 Å². The molecule has 1 aromatic heterocycles. The van der Waals surface area contributed by atoms with Gasteiger partial charge in [-0.3, -0.25) is 4.90 Å². The zero-order valence-corrected chi connectivity index (χ0v) is 12.1. The van der Waals surface area contributed by atoms with Gasteiger partial charge >= 0.3 is 0 Å². The van der Waals surface area contributed by atoms with Crippen molar-refractivity contribution >= 4 is 0 Å². The standard InChI is InChI=1S/C14H22N4O2/c1-14(2,19)13-10-18(16-15-13)11-7-17(8-11)9-12-5-3-4-6-20-12/h4,6,10-12,19H,3,5,7-9H2,1-2H3. The van der Waals surface area contributed by atoms with Crippen LogP contribution >= 0.6 is 0 Å². The van der Waals surface area contributed by atoms with Crippen LogP contribution < -0.4 is 0 Å². The molecule has 0 amide bonds. The van der Waals surface area contributed by atoms with Crippen LogP contribution in [0.1, 0.15) is 38.4 Å². The van der Waals surface area contributed by atoms with E-state index in [9.17, 15) is 5.11 Å². The normalized spacial score (nSPS) is 24.4. The van der Waals surface area contributed by atoms with E-state index in [2.05, 4.69) is 21.3 Å². The van der Waals surface area contributed by atoms with Crippen molar-refractivity contribution in [1.29, 1.82) is 0 Å². The van der Waals surface area contributed by atoms with E-state index in [4.69, 9.17) is 4.74 Å². The molecule has 2 aliphatic rings. The van der Waals surface area contributed by atoms with Gasteiger partial charge in [-0.2, -0.15) is 0 Å². The molecule has 1 atom stereocenters. The number of nitrogens with zero attached hydrogens (tertiary/aromatic N) is 4. The van der Waals surface area contributed by atoms with Crippen LogP contribution in [0.4, 0.5) is 0 Å². The topological polar surface area (TPSA) is 63.4 Å². The molecular weight excluding hydrogens is 256 g/mol. The Morgan fingerprint density at radius 3 is 2.85 bits per heavy atom. The van der Waals surface area contributed by atoms with Gasteiger partial charge in [-0.25, -0.2) is 4.68 Å². The summed E-state index contributed by atoms with van der Waals surface area (Å²) in [5.41, 5.74) is -0.305. The summed E-state index contributed by atoms with van der Waals surface area (Å²) in [5, 5.41) is 18.1. The van der Waals surface area contributed by atoms with Crippen LogP contribution in [0.2, 0.25) is 0 Å². The van der Waals surface area contributed by atoms with Gasteiger partial charge in [0.15, 0.2) is 0 Å². The summed E-state index contributed by atoms with van der Waals surface area (Å²) >= 11 is 0. The lowest BCUT2D eigenvalue weighted by molar-refractivity contribution is 0.0249. The van der Waals surface area contributed by atoms with Crippen LogP contribution in [0.5, 0.6) is 0 Å². The molecule has 20 heavy (non-hydrogen) atoms. The second kappa shape index (κ2) is 5.18. The monoisotopic (exact) mass is 278 g/mol. The minimum atomic E-state index is -0.927. The number of likely N-dealkylation sites (tertiary alicyclic amines) is 1. The number of ether oxygens (including phenoxy) is 1. The number of aromatic nitrogens is 3. The average molecular weight is 278 g/mol. The maximum atomic E-state index is 9.89. The Bertz CT molecular complexity index is 486. The van der Waals surface area contributed by atoms with Gasteiger partial charge in [-0.05, 0) is 32.8 Å². The van der Waals surface area contributed by atoms with Gasteiger partial charge in [0.25, 0.3) is 0 Å². The molecule has 2 aliphatic heterocycles. The van der Waals surface area contributed by atoms with Crippen LogP contribution in [-0.2, 0) is 10.3 Å². The van der Waals surface area contributed by atoms with Crippen LogP contribution in [-0.4, -0.2) is 50.7 Å². The molecule has 0 bridgehead atoms. The van der Waals surface area contributed by atoms with E-state index in [1.54, 1.807) is 13.8 Å². The van der Waals surface area contributed by atoms with Crippen molar-refractivity contribution in [2.24, 2.45) is 0 Å². The summed E-state index contributed by atoms with van der Waals surface area (Å²) in [6.07, 6.45) is 8.27. The van der Waals surface area contributed by atoms with E-state index in [1.807, 2.05) is 17.1 Å². The van der Waals surface area contributed by atoms with Crippen molar-refractivity contribution in [3.05, 3.63) is 24.2 Å². The highest BCUT2D eigenvalue weighted by Crippen LogP contribution is 2.24. The zero-order chi connectivity index (χ0) is 14.2. The predicted octanol–water partition coefficient (Wildman–Crippen LogP) is 1.05. The molecule has 1 fully saturated rings. The highest BCUT2D eigenvalue weighted by Gasteiger charge is 2.32. The first-order valence-electron chi connectivity index (χ1n) is 7.20. The molecular formula is C14H22N4O2. The van der Waals surface area contributed by atoms with Gasteiger partial charge in [0.1, 0.15) is 17.4 Å². The molecule has 1 N–H and O–H groups in total. The molecule has 0 spiro atoms. The molecule has 3 rings (SSSR count). The summed E-state index contributed by atoms with van der Waals surface area (Å²) < 4.78 is 7.45. The lowest BCUT2D eigenvalue weighted by Gasteiger charge is -2.40. The third-order valence-electron chi connectivity index (χ3n) is 3.93. The lowest BCUT2D eigenvalue weighted by Crippen LogP contribution is -2.50. The molecule has 0 radical (unpaired) electrons. The first-order valence-corrected chi connectivity index (χ1v) is 7.20. The zero-order valence-electron chi connectivity index (χ0n) is 12.1. The highest BCUT2D eigenvalue weighted by molar-refractivity contribution is 5.04. The van der Waals surface area contributed by atoms with Crippen molar-refractivity contribution in [3.63, 3.8) is 0 Å². The maximum Gasteiger partial charge on any atom is 0.114 e. The maximum absolute atomic E-state index is 9.89. The Labute approximate surface area is 119 Å². The van der Waals surface area contributed by atoms with Crippen molar-refractivity contribution in [2.45, 2.75) is 44.4 Å². The van der Waals surface area contributed by atoms with Crippen molar-refractivity contribution < 1.29 is 9.84 Å². The Morgan fingerprint density at radius 1 is 1.45 bits per heavy atom. The van der Waals surface area contributed by atoms with Crippen LogP contribution in [0, 0.1) is 0 Å². The summed E-state index contributed by atoms with van der Waals surface area (Å²) in [7, 11) is 0. The SMILES string of the molecule is CC(C)(O)c1cn(C2CN(CC3CCC=CO3)C2)nn1. The molecule has 1 saturated heterocycles. The Hall–Kier alpha value is -1.40. The molecule has 1 aromatic rings. The summed E-state index contributed by atoms with van der Waals surface area (Å²) in [6, 6.07) is 0.359. The summed E-state index contributed by atoms with van der Waals surface area (Å²) in [4.78, 5) is 2.37. The lowest BCUT2D eigenvalue weighted by atomic mass is 10.1. The van der Waals surface area contributed by atoms with Crippen LogP contribution in [0.25, 0.3) is 0 Å². The molecule has 3 heterocycles. The Morgan fingerprint density at radius 2 is 2.25 bits per heavy atom. The Balaban J connectivity index is 1.50. The minimum Gasteiger partial charge on any atom is -0.497 e. The van der Waals surface area contributed by atoms with E-state index in [0.717, 1.165) is 32.5 Å². The second-order valence-corrected chi connectivity index (χ2v) is 6.22. The smallest absolute Gasteiger partial charge is 0.114 e. The average Bonchev–Trinajstić information content (AvgIpc) is 2.83. The van der Waals surface area contributed by atoms with Gasteiger partial charge in [0, 0.05) is 19.6 Å². The molecule has 1 unspecified atom stereocenters. The second-order valence-electron chi connectivity index (χ2n) is 6.22. The van der Waals surface area contributed by atoms with Gasteiger partial charge < -0.3 is 9.84 Å². The van der Waals surface area contributed by atoms with Crippen molar-refractivity contribution in [3.8, 4) is 0 Å². The predicted molar refractivity (Wildman–Crippen MR) is 74.0 cm³/mol. The summed E-state index contributed by atoms with van der Waals surface area (Å²) in [5.74, 6) is 0. The molecule has 0 aliphatic carbocycles. The van der Waals surface area contributed by atoms with E-state index in [1.165, 1.54) is 0 Å². The van der Waals surface area contributed by atoms with Gasteiger partial charge in [-0.1, -0.05) is 5.21 Å². The number of rotatable bonds is 4. The molecule has 6 nitrogen and oxygen atoms in total. The van der Waals surface area contributed by atoms with Gasteiger partial charge in [0.2, 0.25) is 0 Å². The fourth-order valence-electron chi connectivity index (χ4n) is 2.60. The largest absolute Gasteiger partial charge is 0.497 e. The third-order valence-corrected chi connectivity index (χ3v) is 3.93. The van der Waals surface area contributed by atoms with E-state index in [-0.39, 0.29) is 0 Å². The molecule has 0 saturated carbocycles. The van der Waals surface area contributed by atoms with Gasteiger partial charge in [-0.15, -0.1) is 5.10 Å². The first-order chi connectivity index (χ1) is 9.52. The number of allylic oxidation sites excluding steroid dienone is 1. The van der Waals surface area contributed by atoms with Crippen molar-refractivity contribution in [2.75, 3.05) is 19.6 Å². The highest BCUT2D eigenvalue weighted by atomic mass is 16.5. The minimum absolute atomic E-state index is 0.323. The molecule has 6 heteroatoms. The quantitative estimate of drug-likeness (QED) is 0.892.